The van der Waals surface area contributed by atoms with Crippen LogP contribution in [0.4, 0.5) is 0 Å². The summed E-state index contributed by atoms with van der Waals surface area (Å²) in [7, 11) is 0. The Bertz CT molecular complexity index is 616. The fourth-order valence-electron chi connectivity index (χ4n) is 3.28. The van der Waals surface area contributed by atoms with Crippen molar-refractivity contribution in [2.45, 2.75) is 44.7 Å². The van der Waals surface area contributed by atoms with Gasteiger partial charge in [0, 0.05) is 17.1 Å². The molecule has 2 aromatic rings. The number of rotatable bonds is 4. The van der Waals surface area contributed by atoms with Crippen LogP contribution in [0.1, 0.15) is 48.4 Å². The van der Waals surface area contributed by atoms with Crippen molar-refractivity contribution in [2.75, 3.05) is 0 Å². The first-order valence-electron chi connectivity index (χ1n) is 7.70. The maximum Gasteiger partial charge on any atom is 0.0409 e. The number of hydrogen-bond donors (Lipinski definition) is 1. The summed E-state index contributed by atoms with van der Waals surface area (Å²) >= 11 is 6.07. The molecule has 0 radical (unpaired) electrons. The zero-order valence-electron chi connectivity index (χ0n) is 12.6. The highest BCUT2D eigenvalue weighted by atomic mass is 35.5. The van der Waals surface area contributed by atoms with Crippen LogP contribution in [-0.4, -0.2) is 6.04 Å². The Kier molecular flexibility index (Phi) is 4.32. The molecule has 110 valence electrons. The Hall–Kier alpha value is -1.31. The third kappa shape index (κ3) is 3.30. The van der Waals surface area contributed by atoms with Crippen LogP contribution in [0.5, 0.6) is 0 Å². The van der Waals surface area contributed by atoms with Gasteiger partial charge < -0.3 is 5.32 Å². The predicted octanol–water partition coefficient (Wildman–Crippen LogP) is 5.25. The molecular weight excluding hydrogens is 278 g/mol. The molecule has 0 amide bonds. The minimum atomic E-state index is 0.353. The van der Waals surface area contributed by atoms with Crippen molar-refractivity contribution < 1.29 is 0 Å². The Morgan fingerprint density at radius 3 is 2.57 bits per heavy atom. The highest BCUT2D eigenvalue weighted by Crippen LogP contribution is 2.39. The predicted molar refractivity (Wildman–Crippen MR) is 89.9 cm³/mol. The molecular formula is C19H22ClN. The quantitative estimate of drug-likeness (QED) is 0.813. The zero-order valence-corrected chi connectivity index (χ0v) is 13.4. The lowest BCUT2D eigenvalue weighted by molar-refractivity contribution is 0.270. The summed E-state index contributed by atoms with van der Waals surface area (Å²) in [6.07, 6.45) is 2.46. The van der Waals surface area contributed by atoms with E-state index in [4.69, 9.17) is 11.6 Å². The lowest BCUT2D eigenvalue weighted by atomic mass is 9.74. The molecule has 0 spiro atoms. The van der Waals surface area contributed by atoms with Crippen LogP contribution in [-0.2, 0) is 0 Å². The molecule has 0 aliphatic heterocycles. The van der Waals surface area contributed by atoms with Gasteiger partial charge in [-0.25, -0.2) is 0 Å². The smallest absolute Gasteiger partial charge is 0.0409 e. The van der Waals surface area contributed by atoms with E-state index in [1.165, 1.54) is 29.5 Å². The summed E-state index contributed by atoms with van der Waals surface area (Å²) in [4.78, 5) is 0. The molecule has 21 heavy (non-hydrogen) atoms. The number of halogens is 1. The van der Waals surface area contributed by atoms with E-state index in [2.05, 4.69) is 55.6 Å². The average molecular weight is 300 g/mol. The third-order valence-electron chi connectivity index (χ3n) is 4.60. The molecule has 2 aromatic carbocycles. The lowest BCUT2D eigenvalue weighted by Crippen LogP contribution is -2.41. The maximum atomic E-state index is 6.07. The molecule has 2 heteroatoms. The molecule has 1 atom stereocenters. The number of hydrogen-bond acceptors (Lipinski definition) is 1. The van der Waals surface area contributed by atoms with Crippen LogP contribution >= 0.6 is 11.6 Å². The van der Waals surface area contributed by atoms with Crippen LogP contribution in [0.2, 0.25) is 5.02 Å². The highest BCUT2D eigenvalue weighted by molar-refractivity contribution is 6.30. The van der Waals surface area contributed by atoms with Gasteiger partial charge in [0.15, 0.2) is 0 Å². The zero-order chi connectivity index (χ0) is 14.8. The molecule has 0 saturated heterocycles. The van der Waals surface area contributed by atoms with E-state index in [1.807, 2.05) is 12.1 Å². The largest absolute Gasteiger partial charge is 0.307 e. The topological polar surface area (TPSA) is 12.0 Å². The summed E-state index contributed by atoms with van der Waals surface area (Å²) in [6.45, 7) is 4.43. The summed E-state index contributed by atoms with van der Waals surface area (Å²) in [5.74, 6) is 0.718. The molecule has 1 saturated carbocycles. The van der Waals surface area contributed by atoms with Crippen molar-refractivity contribution in [1.82, 2.24) is 5.32 Å². The van der Waals surface area contributed by atoms with Crippen molar-refractivity contribution in [3.63, 3.8) is 0 Å². The second-order valence-electron chi connectivity index (χ2n) is 6.17. The van der Waals surface area contributed by atoms with Crippen LogP contribution in [0.3, 0.4) is 0 Å². The van der Waals surface area contributed by atoms with Gasteiger partial charge >= 0.3 is 0 Å². The summed E-state index contributed by atoms with van der Waals surface area (Å²) < 4.78 is 0. The minimum absolute atomic E-state index is 0.353. The summed E-state index contributed by atoms with van der Waals surface area (Å²) in [5, 5.41) is 4.53. The summed E-state index contributed by atoms with van der Waals surface area (Å²) in [6, 6.07) is 17.9. The number of benzene rings is 2. The van der Waals surface area contributed by atoms with Crippen molar-refractivity contribution in [3.8, 4) is 0 Å². The Labute approximate surface area is 132 Å². The van der Waals surface area contributed by atoms with Gasteiger partial charge in [0.2, 0.25) is 0 Å². The second kappa shape index (κ2) is 6.21. The van der Waals surface area contributed by atoms with Gasteiger partial charge in [-0.3, -0.25) is 0 Å². The van der Waals surface area contributed by atoms with Crippen molar-refractivity contribution >= 4 is 11.6 Å². The van der Waals surface area contributed by atoms with Crippen molar-refractivity contribution in [3.05, 3.63) is 70.2 Å². The van der Waals surface area contributed by atoms with Crippen LogP contribution in [0.15, 0.2) is 48.5 Å². The number of aryl methyl sites for hydroxylation is 1. The van der Waals surface area contributed by atoms with E-state index in [1.54, 1.807) is 0 Å². The Morgan fingerprint density at radius 2 is 1.86 bits per heavy atom. The first kappa shape index (κ1) is 14.6. The second-order valence-corrected chi connectivity index (χ2v) is 6.60. The molecule has 1 aliphatic rings. The normalized spacial score (nSPS) is 22.6. The Balaban J connectivity index is 1.56. The fourth-order valence-corrected chi connectivity index (χ4v) is 3.48. The molecule has 3 rings (SSSR count). The average Bonchev–Trinajstić information content (AvgIpc) is 2.43. The van der Waals surface area contributed by atoms with Gasteiger partial charge in [0.1, 0.15) is 0 Å². The molecule has 1 N–H and O–H groups in total. The first-order chi connectivity index (χ1) is 10.1. The van der Waals surface area contributed by atoms with Crippen LogP contribution in [0.25, 0.3) is 0 Å². The van der Waals surface area contributed by atoms with E-state index >= 15 is 0 Å². The summed E-state index contributed by atoms with van der Waals surface area (Å²) in [5.41, 5.74) is 4.21. The van der Waals surface area contributed by atoms with E-state index in [9.17, 15) is 0 Å². The van der Waals surface area contributed by atoms with Crippen molar-refractivity contribution in [2.24, 2.45) is 0 Å². The van der Waals surface area contributed by atoms with Crippen molar-refractivity contribution in [1.29, 1.82) is 0 Å². The first-order valence-corrected chi connectivity index (χ1v) is 8.08. The Morgan fingerprint density at radius 1 is 1.10 bits per heavy atom. The molecule has 0 heterocycles. The number of nitrogens with one attached hydrogen (secondary N) is 1. The van der Waals surface area contributed by atoms with Gasteiger partial charge in [0.25, 0.3) is 0 Å². The molecule has 0 unspecified atom stereocenters. The molecule has 1 fully saturated rings. The van der Waals surface area contributed by atoms with Gasteiger partial charge in [0.05, 0.1) is 0 Å². The standard InChI is InChI=1S/C19H22ClN/c1-13-6-3-4-9-19(13)16-11-18(12-16)21-14(2)15-7-5-8-17(20)10-15/h3-10,14,16,18,21H,11-12H2,1-2H3/t14-,16?,18?/m1/s1. The van der Waals surface area contributed by atoms with E-state index in [0.717, 1.165) is 10.9 Å². The fraction of sp³-hybridized carbons (Fsp3) is 0.368. The highest BCUT2D eigenvalue weighted by Gasteiger charge is 2.31. The molecule has 0 bridgehead atoms. The van der Waals surface area contributed by atoms with Crippen LogP contribution < -0.4 is 5.32 Å². The lowest BCUT2D eigenvalue weighted by Gasteiger charge is -2.39. The van der Waals surface area contributed by atoms with Gasteiger partial charge in [-0.2, -0.15) is 0 Å². The maximum absolute atomic E-state index is 6.07. The van der Waals surface area contributed by atoms with Gasteiger partial charge in [-0.05, 0) is 61.4 Å². The van der Waals surface area contributed by atoms with E-state index in [0.29, 0.717) is 12.1 Å². The van der Waals surface area contributed by atoms with E-state index < -0.39 is 0 Å². The van der Waals surface area contributed by atoms with Gasteiger partial charge in [-0.1, -0.05) is 48.0 Å². The SMILES string of the molecule is Cc1ccccc1C1CC(N[C@H](C)c2cccc(Cl)c2)C1. The van der Waals surface area contributed by atoms with E-state index in [-0.39, 0.29) is 0 Å². The molecule has 0 aromatic heterocycles. The minimum Gasteiger partial charge on any atom is -0.307 e. The molecule has 1 aliphatic carbocycles. The third-order valence-corrected chi connectivity index (χ3v) is 4.84. The van der Waals surface area contributed by atoms with Crippen LogP contribution in [0, 0.1) is 6.92 Å². The van der Waals surface area contributed by atoms with Gasteiger partial charge in [-0.15, -0.1) is 0 Å². The monoisotopic (exact) mass is 299 g/mol. The molecule has 1 nitrogen and oxygen atoms in total.